The van der Waals surface area contributed by atoms with Gasteiger partial charge in [0.05, 0.1) is 29.1 Å². The number of hydrogen-bond donors (Lipinski definition) is 0. The molecule has 5 heteroatoms. The molecule has 0 aliphatic carbocycles. The number of halogens is 2. The molecular formula is C13H14BrClN2O. The second-order valence-electron chi connectivity index (χ2n) is 4.93. The number of nitrogens with zero attached hydrogens (tertiary/aromatic N) is 2. The van der Waals surface area contributed by atoms with Gasteiger partial charge in [0.2, 0.25) is 0 Å². The van der Waals surface area contributed by atoms with E-state index in [1.165, 1.54) is 0 Å². The van der Waals surface area contributed by atoms with E-state index < -0.39 is 0 Å². The van der Waals surface area contributed by atoms with Crippen molar-refractivity contribution in [2.75, 3.05) is 13.2 Å². The largest absolute Gasteiger partial charge is 0.379 e. The van der Waals surface area contributed by atoms with Crippen LogP contribution in [0.25, 0.3) is 11.0 Å². The molecule has 1 saturated heterocycles. The molecular weight excluding hydrogens is 316 g/mol. The van der Waals surface area contributed by atoms with Crippen LogP contribution in [0.4, 0.5) is 0 Å². The third kappa shape index (κ3) is 1.87. The molecule has 0 spiro atoms. The van der Waals surface area contributed by atoms with Crippen LogP contribution in [0.2, 0.25) is 0 Å². The molecule has 3 nitrogen and oxygen atoms in total. The fraction of sp³-hybridized carbons (Fsp3) is 0.462. The lowest BCUT2D eigenvalue weighted by Crippen LogP contribution is -2.31. The monoisotopic (exact) mass is 328 g/mol. The highest BCUT2D eigenvalue weighted by atomic mass is 79.9. The zero-order valence-corrected chi connectivity index (χ0v) is 12.5. The third-order valence-corrected chi connectivity index (χ3v) is 4.28. The Bertz CT molecular complexity index is 590. The summed E-state index contributed by atoms with van der Waals surface area (Å²) >= 11 is 9.57. The van der Waals surface area contributed by atoms with Crippen LogP contribution in [0.5, 0.6) is 0 Å². The molecule has 0 N–H and O–H groups in total. The van der Waals surface area contributed by atoms with Crippen molar-refractivity contribution >= 4 is 38.6 Å². The van der Waals surface area contributed by atoms with Crippen molar-refractivity contribution in [1.82, 2.24) is 9.55 Å². The quantitative estimate of drug-likeness (QED) is 0.786. The first kappa shape index (κ1) is 12.5. The number of alkyl halides is 1. The maximum absolute atomic E-state index is 6.05. The SMILES string of the molecule is CC1(n2c(CCl)nc3ccc(Br)cc32)CCOC1. The lowest BCUT2D eigenvalue weighted by Gasteiger charge is -2.26. The van der Waals surface area contributed by atoms with Gasteiger partial charge in [-0.05, 0) is 31.5 Å². The van der Waals surface area contributed by atoms with Gasteiger partial charge in [-0.1, -0.05) is 15.9 Å². The minimum atomic E-state index is -0.0419. The highest BCUT2D eigenvalue weighted by Crippen LogP contribution is 2.33. The van der Waals surface area contributed by atoms with Crippen molar-refractivity contribution in [3.8, 4) is 0 Å². The Morgan fingerprint density at radius 1 is 1.56 bits per heavy atom. The number of fused-ring (bicyclic) bond motifs is 1. The fourth-order valence-electron chi connectivity index (χ4n) is 2.62. The van der Waals surface area contributed by atoms with E-state index in [2.05, 4.69) is 38.5 Å². The molecule has 1 aromatic heterocycles. The van der Waals surface area contributed by atoms with Gasteiger partial charge in [0, 0.05) is 11.1 Å². The summed E-state index contributed by atoms with van der Waals surface area (Å²) < 4.78 is 8.86. The van der Waals surface area contributed by atoms with Crippen molar-refractivity contribution in [2.45, 2.75) is 24.8 Å². The summed E-state index contributed by atoms with van der Waals surface area (Å²) in [6, 6.07) is 6.12. The van der Waals surface area contributed by atoms with Crippen molar-refractivity contribution in [2.24, 2.45) is 0 Å². The Morgan fingerprint density at radius 2 is 2.39 bits per heavy atom. The van der Waals surface area contributed by atoms with Crippen LogP contribution in [-0.2, 0) is 16.2 Å². The van der Waals surface area contributed by atoms with Gasteiger partial charge in [-0.2, -0.15) is 0 Å². The van der Waals surface area contributed by atoms with Gasteiger partial charge in [-0.3, -0.25) is 0 Å². The molecule has 2 heterocycles. The second-order valence-corrected chi connectivity index (χ2v) is 6.11. The van der Waals surface area contributed by atoms with Gasteiger partial charge >= 0.3 is 0 Å². The van der Waals surface area contributed by atoms with Crippen molar-refractivity contribution in [3.63, 3.8) is 0 Å². The van der Waals surface area contributed by atoms with Gasteiger partial charge < -0.3 is 9.30 Å². The Hall–Kier alpha value is -0.580. The average Bonchev–Trinajstić information content (AvgIpc) is 2.92. The topological polar surface area (TPSA) is 27.1 Å². The highest BCUT2D eigenvalue weighted by Gasteiger charge is 2.34. The molecule has 0 amide bonds. The standard InChI is InChI=1S/C13H14BrClN2O/c1-13(4-5-18-8-13)17-11-6-9(14)2-3-10(11)16-12(17)7-15/h2-3,6H,4-5,7-8H2,1H3. The van der Waals surface area contributed by atoms with Gasteiger partial charge in [-0.25, -0.2) is 4.98 Å². The number of aromatic nitrogens is 2. The van der Waals surface area contributed by atoms with Crippen molar-refractivity contribution < 1.29 is 4.74 Å². The molecule has 1 fully saturated rings. The zero-order valence-electron chi connectivity index (χ0n) is 10.1. The summed E-state index contributed by atoms with van der Waals surface area (Å²) in [5.74, 6) is 1.33. The van der Waals surface area contributed by atoms with Gasteiger partial charge in [-0.15, -0.1) is 11.6 Å². The predicted octanol–water partition coefficient (Wildman–Crippen LogP) is 3.67. The predicted molar refractivity (Wildman–Crippen MR) is 76.1 cm³/mol. The van der Waals surface area contributed by atoms with E-state index in [1.807, 2.05) is 12.1 Å². The molecule has 0 saturated carbocycles. The fourth-order valence-corrected chi connectivity index (χ4v) is 3.15. The summed E-state index contributed by atoms with van der Waals surface area (Å²) in [7, 11) is 0. The smallest absolute Gasteiger partial charge is 0.125 e. The van der Waals surface area contributed by atoms with Crippen LogP contribution in [0.15, 0.2) is 22.7 Å². The first-order valence-electron chi connectivity index (χ1n) is 5.95. The number of hydrogen-bond acceptors (Lipinski definition) is 2. The Balaban J connectivity index is 2.27. The molecule has 96 valence electrons. The van der Waals surface area contributed by atoms with Crippen LogP contribution in [-0.4, -0.2) is 22.8 Å². The van der Waals surface area contributed by atoms with Gasteiger partial charge in [0.1, 0.15) is 5.82 Å². The van der Waals surface area contributed by atoms with E-state index in [4.69, 9.17) is 16.3 Å². The maximum atomic E-state index is 6.05. The van der Waals surface area contributed by atoms with Gasteiger partial charge in [0.15, 0.2) is 0 Å². The van der Waals surface area contributed by atoms with Crippen LogP contribution in [0, 0.1) is 0 Å². The zero-order chi connectivity index (χ0) is 12.8. The molecule has 1 atom stereocenters. The van der Waals surface area contributed by atoms with Gasteiger partial charge in [0.25, 0.3) is 0 Å². The van der Waals surface area contributed by atoms with Crippen LogP contribution in [0.1, 0.15) is 19.2 Å². The second kappa shape index (κ2) is 4.51. The summed E-state index contributed by atoms with van der Waals surface area (Å²) in [6.07, 6.45) is 0.995. The molecule has 0 bridgehead atoms. The Morgan fingerprint density at radius 3 is 3.06 bits per heavy atom. The van der Waals surface area contributed by atoms with E-state index in [9.17, 15) is 0 Å². The highest BCUT2D eigenvalue weighted by molar-refractivity contribution is 9.10. The van der Waals surface area contributed by atoms with Crippen LogP contribution < -0.4 is 0 Å². The molecule has 1 unspecified atom stereocenters. The van der Waals surface area contributed by atoms with E-state index in [0.29, 0.717) is 5.88 Å². The van der Waals surface area contributed by atoms with E-state index in [1.54, 1.807) is 0 Å². The summed E-state index contributed by atoms with van der Waals surface area (Å²) in [4.78, 5) is 4.62. The Kier molecular flexibility index (Phi) is 3.12. The molecule has 3 rings (SSSR count). The number of imidazole rings is 1. The summed E-state index contributed by atoms with van der Waals surface area (Å²) in [5, 5.41) is 0. The van der Waals surface area contributed by atoms with Crippen LogP contribution >= 0.6 is 27.5 Å². The first-order valence-corrected chi connectivity index (χ1v) is 7.28. The molecule has 1 aliphatic heterocycles. The number of benzene rings is 1. The van der Waals surface area contributed by atoms with Crippen LogP contribution in [0.3, 0.4) is 0 Å². The minimum absolute atomic E-state index is 0.0419. The van der Waals surface area contributed by atoms with E-state index >= 15 is 0 Å². The first-order chi connectivity index (χ1) is 8.64. The number of rotatable bonds is 2. The molecule has 1 aromatic carbocycles. The molecule has 1 aliphatic rings. The molecule has 0 radical (unpaired) electrons. The normalized spacial score (nSPS) is 23.9. The van der Waals surface area contributed by atoms with E-state index in [-0.39, 0.29) is 5.54 Å². The number of ether oxygens (including phenoxy) is 1. The molecule has 2 aromatic rings. The molecule has 18 heavy (non-hydrogen) atoms. The minimum Gasteiger partial charge on any atom is -0.379 e. The summed E-state index contributed by atoms with van der Waals surface area (Å²) in [6.45, 7) is 3.72. The lowest BCUT2D eigenvalue weighted by atomic mass is 10.0. The average molecular weight is 330 g/mol. The maximum Gasteiger partial charge on any atom is 0.125 e. The van der Waals surface area contributed by atoms with Crippen molar-refractivity contribution in [3.05, 3.63) is 28.5 Å². The summed E-state index contributed by atoms with van der Waals surface area (Å²) in [5.41, 5.74) is 2.06. The van der Waals surface area contributed by atoms with Crippen molar-refractivity contribution in [1.29, 1.82) is 0 Å². The third-order valence-electron chi connectivity index (χ3n) is 3.54. The Labute approximate surface area is 119 Å². The van der Waals surface area contributed by atoms with E-state index in [0.717, 1.165) is 41.0 Å². The lowest BCUT2D eigenvalue weighted by molar-refractivity contribution is 0.162.